The molecule has 1 aromatic carbocycles. The highest BCUT2D eigenvalue weighted by Crippen LogP contribution is 2.31. The number of ether oxygens (including phenoxy) is 1. The van der Waals surface area contributed by atoms with Crippen LogP contribution in [0.3, 0.4) is 0 Å². The van der Waals surface area contributed by atoms with Crippen molar-refractivity contribution in [3.63, 3.8) is 0 Å². The highest BCUT2D eigenvalue weighted by molar-refractivity contribution is 5.74. The highest BCUT2D eigenvalue weighted by Gasteiger charge is 2.22. The topological polar surface area (TPSA) is 72.3 Å². The highest BCUT2D eigenvalue weighted by atomic mass is 16.5. The SMILES string of the molecule is CN(Cc1ncnn1C)C(=O)NC1CCCOc2ccccc21. The number of urea groups is 1. The lowest BCUT2D eigenvalue weighted by atomic mass is 10.0. The summed E-state index contributed by atoms with van der Waals surface area (Å²) in [6.07, 6.45) is 3.26. The normalized spacial score (nSPS) is 16.9. The Labute approximate surface area is 135 Å². The lowest BCUT2D eigenvalue weighted by Gasteiger charge is -2.23. The van der Waals surface area contributed by atoms with E-state index in [0.29, 0.717) is 13.2 Å². The Morgan fingerprint density at radius 1 is 1.48 bits per heavy atom. The molecule has 3 rings (SSSR count). The Balaban J connectivity index is 1.68. The van der Waals surface area contributed by atoms with Crippen molar-refractivity contribution in [3.05, 3.63) is 42.0 Å². The third-order valence-electron chi connectivity index (χ3n) is 4.02. The fourth-order valence-corrected chi connectivity index (χ4v) is 2.68. The van der Waals surface area contributed by atoms with Crippen molar-refractivity contribution >= 4 is 6.03 Å². The molecule has 1 N–H and O–H groups in total. The number of hydrogen-bond donors (Lipinski definition) is 1. The van der Waals surface area contributed by atoms with Crippen molar-refractivity contribution in [3.8, 4) is 5.75 Å². The number of aromatic nitrogens is 3. The molecular formula is C16H21N5O2. The summed E-state index contributed by atoms with van der Waals surface area (Å²) >= 11 is 0. The molecule has 2 aromatic rings. The predicted molar refractivity (Wildman–Crippen MR) is 84.9 cm³/mol. The first kappa shape index (κ1) is 15.3. The molecule has 122 valence electrons. The molecule has 1 aliphatic rings. The Kier molecular flexibility index (Phi) is 4.45. The van der Waals surface area contributed by atoms with Gasteiger partial charge in [0.15, 0.2) is 0 Å². The van der Waals surface area contributed by atoms with Gasteiger partial charge in [-0.3, -0.25) is 4.68 Å². The van der Waals surface area contributed by atoms with Gasteiger partial charge in [0.05, 0.1) is 19.2 Å². The molecule has 0 fully saturated rings. The fraction of sp³-hybridized carbons (Fsp3) is 0.438. The summed E-state index contributed by atoms with van der Waals surface area (Å²) in [6, 6.07) is 7.70. The van der Waals surface area contributed by atoms with Gasteiger partial charge in [0.1, 0.15) is 17.9 Å². The first-order valence-electron chi connectivity index (χ1n) is 7.71. The molecule has 0 radical (unpaired) electrons. The molecule has 1 atom stereocenters. The lowest BCUT2D eigenvalue weighted by molar-refractivity contribution is 0.200. The summed E-state index contributed by atoms with van der Waals surface area (Å²) in [5.41, 5.74) is 1.03. The maximum absolute atomic E-state index is 12.5. The summed E-state index contributed by atoms with van der Waals surface area (Å²) in [5, 5.41) is 7.11. The van der Waals surface area contributed by atoms with E-state index in [1.807, 2.05) is 31.3 Å². The second-order valence-electron chi connectivity index (χ2n) is 5.69. The Bertz CT molecular complexity index is 685. The molecule has 2 heterocycles. The molecule has 23 heavy (non-hydrogen) atoms. The summed E-state index contributed by atoms with van der Waals surface area (Å²) in [6.45, 7) is 1.09. The van der Waals surface area contributed by atoms with Gasteiger partial charge in [0.25, 0.3) is 0 Å². The summed E-state index contributed by atoms with van der Waals surface area (Å²) in [7, 11) is 3.57. The molecule has 0 bridgehead atoms. The van der Waals surface area contributed by atoms with Crippen LogP contribution in [0.2, 0.25) is 0 Å². The summed E-state index contributed by atoms with van der Waals surface area (Å²) in [5.74, 6) is 1.60. The van der Waals surface area contributed by atoms with Crippen LogP contribution in [-0.4, -0.2) is 39.4 Å². The molecule has 0 spiro atoms. The van der Waals surface area contributed by atoms with Gasteiger partial charge in [-0.25, -0.2) is 9.78 Å². The van der Waals surface area contributed by atoms with E-state index in [4.69, 9.17) is 4.74 Å². The monoisotopic (exact) mass is 315 g/mol. The van der Waals surface area contributed by atoms with E-state index in [1.54, 1.807) is 16.6 Å². The van der Waals surface area contributed by atoms with Crippen molar-refractivity contribution in [1.29, 1.82) is 0 Å². The van der Waals surface area contributed by atoms with Crippen LogP contribution < -0.4 is 10.1 Å². The smallest absolute Gasteiger partial charge is 0.318 e. The van der Waals surface area contributed by atoms with Crippen molar-refractivity contribution in [1.82, 2.24) is 25.0 Å². The predicted octanol–water partition coefficient (Wildman–Crippen LogP) is 1.87. The van der Waals surface area contributed by atoms with Crippen LogP contribution in [0.25, 0.3) is 0 Å². The second-order valence-corrected chi connectivity index (χ2v) is 5.69. The number of amides is 2. The third-order valence-corrected chi connectivity index (χ3v) is 4.02. The second kappa shape index (κ2) is 6.68. The molecule has 1 aromatic heterocycles. The first-order chi connectivity index (χ1) is 11.1. The van der Waals surface area contributed by atoms with E-state index in [0.717, 1.165) is 30.0 Å². The zero-order valence-corrected chi connectivity index (χ0v) is 13.4. The third kappa shape index (κ3) is 3.44. The molecule has 0 aliphatic carbocycles. The van der Waals surface area contributed by atoms with Crippen LogP contribution in [0.4, 0.5) is 4.79 Å². The molecule has 7 nitrogen and oxygen atoms in total. The Morgan fingerprint density at radius 2 is 2.30 bits per heavy atom. The zero-order valence-electron chi connectivity index (χ0n) is 13.4. The molecule has 2 amide bonds. The number of aryl methyl sites for hydroxylation is 1. The molecule has 1 unspecified atom stereocenters. The molecule has 1 aliphatic heterocycles. The lowest BCUT2D eigenvalue weighted by Crippen LogP contribution is -2.39. The maximum Gasteiger partial charge on any atom is 0.318 e. The van der Waals surface area contributed by atoms with Gasteiger partial charge in [0, 0.05) is 19.7 Å². The number of para-hydroxylation sites is 1. The van der Waals surface area contributed by atoms with Crippen LogP contribution >= 0.6 is 0 Å². The van der Waals surface area contributed by atoms with Gasteiger partial charge in [-0.2, -0.15) is 5.10 Å². The number of fused-ring (bicyclic) bond motifs is 1. The number of carbonyl (C=O) groups is 1. The van der Waals surface area contributed by atoms with Crippen LogP contribution in [-0.2, 0) is 13.6 Å². The standard InChI is InChI=1S/C16H21N5O2/c1-20(10-15-17-11-18-21(15)2)16(22)19-13-7-5-9-23-14-8-4-3-6-12(13)14/h3-4,6,8,11,13H,5,7,9-10H2,1-2H3,(H,19,22). The van der Waals surface area contributed by atoms with E-state index in [9.17, 15) is 4.79 Å². The van der Waals surface area contributed by atoms with E-state index in [-0.39, 0.29) is 12.1 Å². The number of nitrogens with one attached hydrogen (secondary N) is 1. The van der Waals surface area contributed by atoms with Gasteiger partial charge in [-0.05, 0) is 18.9 Å². The van der Waals surface area contributed by atoms with E-state index in [1.165, 1.54) is 6.33 Å². The van der Waals surface area contributed by atoms with E-state index in [2.05, 4.69) is 15.4 Å². The van der Waals surface area contributed by atoms with Crippen LogP contribution in [0, 0.1) is 0 Å². The number of nitrogens with zero attached hydrogens (tertiary/aromatic N) is 4. The molecule has 0 saturated carbocycles. The first-order valence-corrected chi connectivity index (χ1v) is 7.71. The average Bonchev–Trinajstić information content (AvgIpc) is 2.84. The molecule has 7 heteroatoms. The summed E-state index contributed by atoms with van der Waals surface area (Å²) in [4.78, 5) is 18.2. The Morgan fingerprint density at radius 3 is 3.09 bits per heavy atom. The average molecular weight is 315 g/mol. The minimum atomic E-state index is -0.130. The van der Waals surface area contributed by atoms with Crippen LogP contribution in [0.5, 0.6) is 5.75 Å². The number of benzene rings is 1. The molecular weight excluding hydrogens is 294 g/mol. The van der Waals surface area contributed by atoms with E-state index < -0.39 is 0 Å². The van der Waals surface area contributed by atoms with Gasteiger partial charge < -0.3 is 15.0 Å². The van der Waals surface area contributed by atoms with Gasteiger partial charge in [-0.15, -0.1) is 0 Å². The van der Waals surface area contributed by atoms with Gasteiger partial charge in [-0.1, -0.05) is 18.2 Å². The van der Waals surface area contributed by atoms with Crippen molar-refractivity contribution < 1.29 is 9.53 Å². The quantitative estimate of drug-likeness (QED) is 0.938. The largest absolute Gasteiger partial charge is 0.493 e. The van der Waals surface area contributed by atoms with Gasteiger partial charge in [0.2, 0.25) is 0 Å². The Hall–Kier alpha value is -2.57. The zero-order chi connectivity index (χ0) is 16.2. The number of hydrogen-bond acceptors (Lipinski definition) is 4. The van der Waals surface area contributed by atoms with E-state index >= 15 is 0 Å². The minimum absolute atomic E-state index is 0.0388. The van der Waals surface area contributed by atoms with Crippen molar-refractivity contribution in [2.24, 2.45) is 7.05 Å². The van der Waals surface area contributed by atoms with Crippen LogP contribution in [0.15, 0.2) is 30.6 Å². The number of carbonyl (C=O) groups excluding carboxylic acids is 1. The molecule has 0 saturated heterocycles. The minimum Gasteiger partial charge on any atom is -0.493 e. The fourth-order valence-electron chi connectivity index (χ4n) is 2.68. The van der Waals surface area contributed by atoms with Gasteiger partial charge >= 0.3 is 6.03 Å². The number of rotatable bonds is 3. The van der Waals surface area contributed by atoms with Crippen molar-refractivity contribution in [2.45, 2.75) is 25.4 Å². The van der Waals surface area contributed by atoms with Crippen LogP contribution in [0.1, 0.15) is 30.3 Å². The summed E-state index contributed by atoms with van der Waals surface area (Å²) < 4.78 is 7.40. The van der Waals surface area contributed by atoms with Crippen molar-refractivity contribution in [2.75, 3.05) is 13.7 Å². The maximum atomic E-state index is 12.5.